The standard InChI is InChI=1S/C26H30BrFN2O4/c1-2-33-14-13-30-17-21(20-16-19(27)6-7-23(20)30)18-8-10-29(11-9-18)12-15-34-24-5-3-4-22(28)25(24)26(31)32/h3-7,16-18H,2,8-15H2,1H3,(H,31,32). The Balaban J connectivity index is 1.36. The van der Waals surface area contributed by atoms with Crippen LogP contribution in [0.5, 0.6) is 5.75 Å². The summed E-state index contributed by atoms with van der Waals surface area (Å²) in [7, 11) is 0. The Kier molecular flexibility index (Phi) is 8.24. The molecule has 0 radical (unpaired) electrons. The number of ether oxygens (including phenoxy) is 2. The van der Waals surface area contributed by atoms with Crippen LogP contribution in [0.2, 0.25) is 0 Å². The lowest BCUT2D eigenvalue weighted by Gasteiger charge is -2.31. The van der Waals surface area contributed by atoms with Crippen LogP contribution in [0.1, 0.15) is 41.6 Å². The molecule has 0 aliphatic carbocycles. The molecule has 0 spiro atoms. The Hall–Kier alpha value is -2.42. The van der Waals surface area contributed by atoms with Gasteiger partial charge in [0.15, 0.2) is 0 Å². The summed E-state index contributed by atoms with van der Waals surface area (Å²) in [4.78, 5) is 13.6. The molecule has 1 aromatic heterocycles. The fourth-order valence-electron chi connectivity index (χ4n) is 4.70. The second-order valence-electron chi connectivity index (χ2n) is 8.52. The van der Waals surface area contributed by atoms with Crippen LogP contribution in [0, 0.1) is 5.82 Å². The molecule has 0 atom stereocenters. The average Bonchev–Trinajstić information content (AvgIpc) is 3.17. The zero-order chi connectivity index (χ0) is 24.1. The van der Waals surface area contributed by atoms with Gasteiger partial charge in [-0.2, -0.15) is 0 Å². The molecule has 1 aliphatic rings. The van der Waals surface area contributed by atoms with Crippen molar-refractivity contribution in [1.82, 2.24) is 9.47 Å². The number of aromatic carboxylic acids is 1. The number of likely N-dealkylation sites (tertiary alicyclic amines) is 1. The molecule has 6 nitrogen and oxygen atoms in total. The Bertz CT molecular complexity index is 1140. The number of carboxylic acid groups (broad SMARTS) is 1. The van der Waals surface area contributed by atoms with Gasteiger partial charge in [0.1, 0.15) is 23.7 Å². The summed E-state index contributed by atoms with van der Waals surface area (Å²) >= 11 is 3.62. The van der Waals surface area contributed by atoms with Gasteiger partial charge in [-0.05, 0) is 74.7 Å². The molecule has 0 bridgehead atoms. The molecule has 1 saturated heterocycles. The molecule has 8 heteroatoms. The molecule has 0 unspecified atom stereocenters. The van der Waals surface area contributed by atoms with Crippen molar-refractivity contribution in [3.63, 3.8) is 0 Å². The fraction of sp³-hybridized carbons (Fsp3) is 0.423. The lowest BCUT2D eigenvalue weighted by atomic mass is 9.89. The maximum absolute atomic E-state index is 13.8. The van der Waals surface area contributed by atoms with Crippen LogP contribution in [0.4, 0.5) is 4.39 Å². The molecule has 34 heavy (non-hydrogen) atoms. The summed E-state index contributed by atoms with van der Waals surface area (Å²) in [6.45, 7) is 7.12. The van der Waals surface area contributed by atoms with E-state index in [9.17, 15) is 14.3 Å². The third-order valence-electron chi connectivity index (χ3n) is 6.44. The highest BCUT2D eigenvalue weighted by molar-refractivity contribution is 9.10. The maximum atomic E-state index is 13.8. The minimum atomic E-state index is -1.32. The van der Waals surface area contributed by atoms with Gasteiger partial charge in [0.25, 0.3) is 0 Å². The molecule has 0 saturated carbocycles. The quantitative estimate of drug-likeness (QED) is 0.347. The van der Waals surface area contributed by atoms with Gasteiger partial charge in [-0.3, -0.25) is 4.90 Å². The van der Waals surface area contributed by atoms with E-state index >= 15 is 0 Å². The summed E-state index contributed by atoms with van der Waals surface area (Å²) in [5.74, 6) is -1.55. The van der Waals surface area contributed by atoms with Crippen LogP contribution in [0.15, 0.2) is 47.1 Å². The first kappa shape index (κ1) is 24.7. The van der Waals surface area contributed by atoms with E-state index in [4.69, 9.17) is 9.47 Å². The van der Waals surface area contributed by atoms with E-state index in [-0.39, 0.29) is 5.75 Å². The molecule has 2 heterocycles. The maximum Gasteiger partial charge on any atom is 0.342 e. The smallest absolute Gasteiger partial charge is 0.342 e. The average molecular weight is 533 g/mol. The lowest BCUT2D eigenvalue weighted by molar-refractivity contribution is 0.0685. The van der Waals surface area contributed by atoms with Crippen LogP contribution < -0.4 is 4.74 Å². The number of carbonyl (C=O) groups is 1. The van der Waals surface area contributed by atoms with E-state index in [2.05, 4.69) is 49.8 Å². The highest BCUT2D eigenvalue weighted by Gasteiger charge is 2.24. The van der Waals surface area contributed by atoms with E-state index in [1.165, 1.54) is 28.6 Å². The van der Waals surface area contributed by atoms with Crippen molar-refractivity contribution in [1.29, 1.82) is 0 Å². The third-order valence-corrected chi connectivity index (χ3v) is 6.93. The van der Waals surface area contributed by atoms with Gasteiger partial charge in [0.05, 0.1) is 6.61 Å². The second-order valence-corrected chi connectivity index (χ2v) is 9.43. The molecule has 2 aromatic carbocycles. The molecule has 182 valence electrons. The Morgan fingerprint density at radius 3 is 2.71 bits per heavy atom. The van der Waals surface area contributed by atoms with Gasteiger partial charge in [0.2, 0.25) is 0 Å². The van der Waals surface area contributed by atoms with E-state index in [1.54, 1.807) is 0 Å². The van der Waals surface area contributed by atoms with Crippen molar-refractivity contribution in [2.45, 2.75) is 32.2 Å². The number of hydrogen-bond acceptors (Lipinski definition) is 4. The number of nitrogens with zero attached hydrogens (tertiary/aromatic N) is 2. The number of piperidine rings is 1. The van der Waals surface area contributed by atoms with E-state index in [0.717, 1.165) is 49.6 Å². The molecule has 4 rings (SSSR count). The Labute approximate surface area is 207 Å². The first-order valence-corrected chi connectivity index (χ1v) is 12.5. The van der Waals surface area contributed by atoms with E-state index < -0.39 is 17.3 Å². The van der Waals surface area contributed by atoms with Crippen molar-refractivity contribution < 1.29 is 23.8 Å². The highest BCUT2D eigenvalue weighted by atomic mass is 79.9. The summed E-state index contributed by atoms with van der Waals surface area (Å²) in [5, 5.41) is 10.5. The first-order chi connectivity index (χ1) is 16.5. The first-order valence-electron chi connectivity index (χ1n) is 11.7. The van der Waals surface area contributed by atoms with Crippen molar-refractivity contribution in [2.24, 2.45) is 0 Å². The van der Waals surface area contributed by atoms with Crippen LogP contribution >= 0.6 is 15.9 Å². The SMILES string of the molecule is CCOCCn1cc(C2CCN(CCOc3cccc(F)c3C(=O)O)CC2)c2cc(Br)ccc21. The van der Waals surface area contributed by atoms with Crippen LogP contribution in [-0.4, -0.2) is 60.0 Å². The topological polar surface area (TPSA) is 63.9 Å². The number of fused-ring (bicyclic) bond motifs is 1. The number of halogens is 2. The number of rotatable bonds is 10. The lowest BCUT2D eigenvalue weighted by Crippen LogP contribution is -2.36. The number of hydrogen-bond donors (Lipinski definition) is 1. The van der Waals surface area contributed by atoms with E-state index in [1.807, 2.05) is 6.92 Å². The van der Waals surface area contributed by atoms with Gasteiger partial charge in [0, 0.05) is 41.3 Å². The van der Waals surface area contributed by atoms with Gasteiger partial charge >= 0.3 is 5.97 Å². The number of carboxylic acids is 1. The van der Waals surface area contributed by atoms with Gasteiger partial charge in [-0.1, -0.05) is 22.0 Å². The normalized spacial score (nSPS) is 15.1. The fourth-order valence-corrected chi connectivity index (χ4v) is 5.06. The summed E-state index contributed by atoms with van der Waals surface area (Å²) in [6, 6.07) is 10.6. The van der Waals surface area contributed by atoms with E-state index in [0.29, 0.717) is 25.7 Å². The summed E-state index contributed by atoms with van der Waals surface area (Å²) < 4.78 is 28.4. The monoisotopic (exact) mass is 532 g/mol. The number of benzene rings is 2. The van der Waals surface area contributed by atoms with Crippen molar-refractivity contribution >= 4 is 32.8 Å². The molecule has 1 aliphatic heterocycles. The molecule has 0 amide bonds. The van der Waals surface area contributed by atoms with Gasteiger partial charge < -0.3 is 19.1 Å². The molecule has 1 N–H and O–H groups in total. The van der Waals surface area contributed by atoms with Crippen molar-refractivity contribution in [3.05, 3.63) is 64.0 Å². The molecule has 1 fully saturated rings. The largest absolute Gasteiger partial charge is 0.491 e. The number of aromatic nitrogens is 1. The van der Waals surface area contributed by atoms with Gasteiger partial charge in [-0.25, -0.2) is 9.18 Å². The third kappa shape index (κ3) is 5.62. The van der Waals surface area contributed by atoms with Gasteiger partial charge in [-0.15, -0.1) is 0 Å². The Morgan fingerprint density at radius 2 is 1.97 bits per heavy atom. The van der Waals surface area contributed by atoms with Crippen LogP contribution in [0.3, 0.4) is 0 Å². The molecular weight excluding hydrogens is 503 g/mol. The Morgan fingerprint density at radius 1 is 1.18 bits per heavy atom. The minimum absolute atomic E-state index is 0.0767. The van der Waals surface area contributed by atoms with Crippen LogP contribution in [0.25, 0.3) is 10.9 Å². The summed E-state index contributed by atoms with van der Waals surface area (Å²) in [6.07, 6.45) is 4.37. The molecule has 3 aromatic rings. The van der Waals surface area contributed by atoms with Crippen LogP contribution in [-0.2, 0) is 11.3 Å². The van der Waals surface area contributed by atoms with Crippen molar-refractivity contribution in [3.8, 4) is 5.75 Å². The molecular formula is C26H30BrFN2O4. The zero-order valence-electron chi connectivity index (χ0n) is 19.3. The summed E-state index contributed by atoms with van der Waals surface area (Å²) in [5.41, 5.74) is 2.21. The second kappa shape index (κ2) is 11.3. The zero-order valence-corrected chi connectivity index (χ0v) is 20.9. The predicted octanol–water partition coefficient (Wildman–Crippen LogP) is 5.54. The highest BCUT2D eigenvalue weighted by Crippen LogP contribution is 2.35. The predicted molar refractivity (Wildman–Crippen MR) is 133 cm³/mol. The minimum Gasteiger partial charge on any atom is -0.491 e. The van der Waals surface area contributed by atoms with Crippen molar-refractivity contribution in [2.75, 3.05) is 39.5 Å².